The van der Waals surface area contributed by atoms with Gasteiger partial charge in [0.15, 0.2) is 41.4 Å². The minimum Gasteiger partial charge on any atom is -0.409 e. The molecule has 0 radical (unpaired) electrons. The Morgan fingerprint density at radius 3 is 1.14 bits per heavy atom. The summed E-state index contributed by atoms with van der Waals surface area (Å²) in [6, 6.07) is 5.71. The highest BCUT2D eigenvalue weighted by atomic mass is 31.1. The Labute approximate surface area is 173 Å². The number of rotatable bonds is 18. The van der Waals surface area contributed by atoms with Gasteiger partial charge in [0, 0.05) is 4.57 Å². The smallest absolute Gasteiger partial charge is 0.409 e. The van der Waals surface area contributed by atoms with E-state index in [2.05, 4.69) is 41.5 Å². The minimum absolute atomic E-state index is 0.0323. The number of hydrogen-bond acceptors (Lipinski definition) is 7. The highest BCUT2D eigenvalue weighted by molar-refractivity contribution is 7.33. The number of Topliss-reactive ketones (excluding diaryl/α,β-unsaturated/α-hetero) is 2. The summed E-state index contributed by atoms with van der Waals surface area (Å²) in [5.41, 5.74) is 0. The predicted molar refractivity (Wildman–Crippen MR) is 116 cm³/mol. The maximum atomic E-state index is 11.9. The van der Waals surface area contributed by atoms with Crippen LogP contribution in [-0.2, 0) is 32.1 Å². The van der Waals surface area contributed by atoms with Crippen LogP contribution < -0.4 is 0 Å². The van der Waals surface area contributed by atoms with Crippen LogP contribution in [0.15, 0.2) is 0 Å². The fraction of sp³-hybridized carbons (Fsp3) is 0.889. The minimum atomic E-state index is -2.53. The van der Waals surface area contributed by atoms with Gasteiger partial charge in [-0.25, -0.2) is 0 Å². The van der Waals surface area contributed by atoms with Crippen LogP contribution in [0.25, 0.3) is 0 Å². The van der Waals surface area contributed by atoms with Gasteiger partial charge in [0.1, 0.15) is 0 Å². The van der Waals surface area contributed by atoms with Gasteiger partial charge in [-0.15, -0.1) is 9.05 Å². The molecule has 0 aromatic heterocycles. The molecule has 0 aliphatic carbocycles. The van der Waals surface area contributed by atoms with E-state index in [4.69, 9.17) is 17.9 Å². The highest BCUT2D eigenvalue weighted by Crippen LogP contribution is 2.25. The Morgan fingerprint density at radius 2 is 0.893 bits per heavy atom. The van der Waals surface area contributed by atoms with Gasteiger partial charge in [0.2, 0.25) is 0 Å². The Hall–Kier alpha value is -0.286. The number of carbonyl (C=O) groups excluding carboxylic acids is 2. The third-order valence-corrected chi connectivity index (χ3v) is 15.5. The van der Waals surface area contributed by atoms with Crippen LogP contribution in [-0.4, -0.2) is 54.6 Å². The molecule has 0 saturated heterocycles. The molecule has 10 heteroatoms. The average molecular weight is 454 g/mol. The quantitative estimate of drug-likeness (QED) is 0.216. The lowest BCUT2D eigenvalue weighted by Crippen LogP contribution is -2.38. The summed E-state index contributed by atoms with van der Waals surface area (Å²) in [5.74, 6) is -0.558. The van der Waals surface area contributed by atoms with E-state index in [1.165, 1.54) is 0 Å². The first-order valence-electron chi connectivity index (χ1n) is 10.3. The van der Waals surface area contributed by atoms with Crippen LogP contribution in [0, 0.1) is 0 Å². The Kier molecular flexibility index (Phi) is 14.5. The third kappa shape index (κ3) is 9.96. The molecule has 0 unspecified atom stereocenters. The first-order valence-corrected chi connectivity index (χ1v) is 16.5. The maximum Gasteiger partial charge on any atom is 0.698 e. The van der Waals surface area contributed by atoms with Crippen molar-refractivity contribution in [3.8, 4) is 0 Å². The molecule has 0 spiro atoms. The summed E-state index contributed by atoms with van der Waals surface area (Å²) in [7, 11) is -6.20. The average Bonchev–Trinajstić information content (AvgIpc) is 2.73. The molecule has 0 saturated carbocycles. The van der Waals surface area contributed by atoms with Crippen LogP contribution in [0.2, 0.25) is 36.3 Å². The first-order chi connectivity index (χ1) is 13.3. The summed E-state index contributed by atoms with van der Waals surface area (Å²) in [6.07, 6.45) is 0. The van der Waals surface area contributed by atoms with Gasteiger partial charge >= 0.3 is 8.25 Å². The lowest BCUT2D eigenvalue weighted by Gasteiger charge is -2.27. The fourth-order valence-corrected chi connectivity index (χ4v) is 8.68. The lowest BCUT2D eigenvalue weighted by atomic mass is 10.5. The molecule has 0 heterocycles. The molecule has 0 aliphatic heterocycles. The number of hydrogen-bond donors (Lipinski definition) is 0. The van der Waals surface area contributed by atoms with E-state index in [0.717, 1.165) is 36.3 Å². The SMILES string of the molecule is CC[Si](CC)(CC)OCC(=O)CO[P+](=O)OCC(=O)CO[Si](CC)(CC)CC. The molecule has 7 nitrogen and oxygen atoms in total. The zero-order valence-corrected chi connectivity index (χ0v) is 21.3. The summed E-state index contributed by atoms with van der Waals surface area (Å²) in [6.45, 7) is 11.7. The molecule has 0 atom stereocenters. The normalized spacial score (nSPS) is 12.2. The van der Waals surface area contributed by atoms with Crippen molar-refractivity contribution in [2.75, 3.05) is 26.4 Å². The predicted octanol–water partition coefficient (Wildman–Crippen LogP) is 4.86. The van der Waals surface area contributed by atoms with Gasteiger partial charge in [-0.2, -0.15) is 0 Å². The lowest BCUT2D eigenvalue weighted by molar-refractivity contribution is -0.123. The fourth-order valence-electron chi connectivity index (χ4n) is 2.95. The molecule has 0 N–H and O–H groups in total. The van der Waals surface area contributed by atoms with E-state index in [-0.39, 0.29) is 38.0 Å². The molecule has 0 rings (SSSR count). The van der Waals surface area contributed by atoms with Gasteiger partial charge < -0.3 is 8.85 Å². The van der Waals surface area contributed by atoms with Crippen molar-refractivity contribution >= 4 is 36.5 Å². The van der Waals surface area contributed by atoms with E-state index >= 15 is 0 Å². The van der Waals surface area contributed by atoms with E-state index < -0.39 is 24.9 Å². The molecular formula is C18H38O7PSi2+. The Bertz CT molecular complexity index is 436. The molecule has 0 aromatic carbocycles. The van der Waals surface area contributed by atoms with Crippen molar-refractivity contribution in [2.45, 2.75) is 77.8 Å². The monoisotopic (exact) mass is 453 g/mol. The summed E-state index contributed by atoms with van der Waals surface area (Å²) in [5, 5.41) is 0. The second kappa shape index (κ2) is 14.7. The molecule has 0 amide bonds. The molecule has 0 bridgehead atoms. The largest absolute Gasteiger partial charge is 0.698 e. The Morgan fingerprint density at radius 1 is 0.607 bits per heavy atom. The van der Waals surface area contributed by atoms with Gasteiger partial charge in [0.05, 0.1) is 13.2 Å². The van der Waals surface area contributed by atoms with Crippen molar-refractivity contribution in [2.24, 2.45) is 0 Å². The molecule has 28 heavy (non-hydrogen) atoms. The summed E-state index contributed by atoms with van der Waals surface area (Å²) < 4.78 is 33.3. The molecule has 0 fully saturated rings. The van der Waals surface area contributed by atoms with E-state index in [1.807, 2.05) is 0 Å². The van der Waals surface area contributed by atoms with Gasteiger partial charge in [0.25, 0.3) is 0 Å². The standard InChI is InChI=1S/C18H38O7PSi2/c1-7-27(8-2,9-3)24-15-17(19)13-22-26(21)23-14-18(20)16-25-28(10-4,11-5)12-6/h7-16H2,1-6H3/q+1. The second-order valence-corrected chi connectivity index (χ2v) is 17.4. The van der Waals surface area contributed by atoms with Crippen molar-refractivity contribution in [1.82, 2.24) is 0 Å². The van der Waals surface area contributed by atoms with Gasteiger partial charge in [-0.3, -0.25) is 9.59 Å². The number of ketones is 2. The second-order valence-electron chi connectivity index (χ2n) is 6.91. The van der Waals surface area contributed by atoms with E-state index in [1.54, 1.807) is 0 Å². The van der Waals surface area contributed by atoms with Crippen LogP contribution in [0.5, 0.6) is 0 Å². The van der Waals surface area contributed by atoms with Crippen LogP contribution in [0.1, 0.15) is 41.5 Å². The van der Waals surface area contributed by atoms with Crippen molar-refractivity contribution in [3.05, 3.63) is 0 Å². The summed E-state index contributed by atoms with van der Waals surface area (Å²) >= 11 is 0. The van der Waals surface area contributed by atoms with Crippen LogP contribution in [0.3, 0.4) is 0 Å². The third-order valence-electron chi connectivity index (χ3n) is 5.61. The molecule has 164 valence electrons. The van der Waals surface area contributed by atoms with Crippen molar-refractivity contribution in [3.63, 3.8) is 0 Å². The van der Waals surface area contributed by atoms with Gasteiger partial charge in [-0.1, -0.05) is 41.5 Å². The molecule has 0 aliphatic rings. The van der Waals surface area contributed by atoms with E-state index in [9.17, 15) is 14.2 Å². The summed E-state index contributed by atoms with van der Waals surface area (Å²) in [4.78, 5) is 23.8. The number of carbonyl (C=O) groups is 2. The van der Waals surface area contributed by atoms with Crippen LogP contribution in [0.4, 0.5) is 0 Å². The highest BCUT2D eigenvalue weighted by Gasteiger charge is 2.32. The molecular weight excluding hydrogens is 415 g/mol. The van der Waals surface area contributed by atoms with Crippen molar-refractivity contribution < 1.29 is 32.1 Å². The topological polar surface area (TPSA) is 88.1 Å². The van der Waals surface area contributed by atoms with Crippen LogP contribution >= 0.6 is 8.25 Å². The molecule has 0 aromatic rings. The van der Waals surface area contributed by atoms with Crippen molar-refractivity contribution in [1.29, 1.82) is 0 Å². The van der Waals surface area contributed by atoms with E-state index in [0.29, 0.717) is 0 Å². The zero-order chi connectivity index (χ0) is 21.6. The zero-order valence-electron chi connectivity index (χ0n) is 18.4. The Balaban J connectivity index is 4.16. The maximum absolute atomic E-state index is 11.9. The van der Waals surface area contributed by atoms with Gasteiger partial charge in [-0.05, 0) is 36.3 Å². The first kappa shape index (κ1) is 27.7.